The third-order valence-corrected chi connectivity index (χ3v) is 5.38. The van der Waals surface area contributed by atoms with Crippen molar-refractivity contribution < 1.29 is 38.2 Å². The van der Waals surface area contributed by atoms with E-state index in [9.17, 15) is 24.0 Å². The van der Waals surface area contributed by atoms with Crippen LogP contribution in [0.3, 0.4) is 0 Å². The lowest BCUT2D eigenvalue weighted by Gasteiger charge is -2.10. The molecule has 196 valence electrons. The van der Waals surface area contributed by atoms with Gasteiger partial charge in [-0.15, -0.1) is 0 Å². The van der Waals surface area contributed by atoms with Gasteiger partial charge in [0.2, 0.25) is 11.6 Å². The molecule has 0 radical (unpaired) electrons. The molecule has 0 aliphatic rings. The molecule has 0 fully saturated rings. The van der Waals surface area contributed by atoms with Crippen molar-refractivity contribution in [3.63, 3.8) is 0 Å². The van der Waals surface area contributed by atoms with E-state index in [0.29, 0.717) is 11.3 Å². The molecule has 0 aromatic heterocycles. The maximum atomic E-state index is 12.7. The van der Waals surface area contributed by atoms with Gasteiger partial charge in [-0.2, -0.15) is 0 Å². The van der Waals surface area contributed by atoms with E-state index in [2.05, 4.69) is 19.7 Å². The first kappa shape index (κ1) is 28.2. The molecule has 0 unspecified atom stereocenters. The van der Waals surface area contributed by atoms with Crippen molar-refractivity contribution in [1.82, 2.24) is 0 Å². The molecule has 3 aromatic carbocycles. The summed E-state index contributed by atoms with van der Waals surface area (Å²) < 4.78 is 15.3. The highest BCUT2D eigenvalue weighted by molar-refractivity contribution is 6.43. The van der Waals surface area contributed by atoms with E-state index in [1.165, 1.54) is 12.1 Å². The molecule has 39 heavy (non-hydrogen) atoms. The van der Waals surface area contributed by atoms with Gasteiger partial charge in [0.15, 0.2) is 11.5 Å². The van der Waals surface area contributed by atoms with Crippen molar-refractivity contribution in [3.05, 3.63) is 116 Å². The number of benzene rings is 3. The molecule has 3 rings (SSSR count). The lowest BCUT2D eigenvalue weighted by molar-refractivity contribution is -0.131. The highest BCUT2D eigenvalue weighted by Crippen LogP contribution is 2.30. The minimum atomic E-state index is -0.759. The van der Waals surface area contributed by atoms with Crippen LogP contribution < -0.4 is 14.2 Å². The summed E-state index contributed by atoms with van der Waals surface area (Å²) in [4.78, 5) is 59.8. The maximum Gasteiger partial charge on any atom is 0.335 e. The van der Waals surface area contributed by atoms with Gasteiger partial charge in [-0.25, -0.2) is 14.4 Å². The fourth-order valence-corrected chi connectivity index (χ4v) is 3.39. The summed E-state index contributed by atoms with van der Waals surface area (Å²) in [5.74, 6) is -2.95. The first-order chi connectivity index (χ1) is 18.7. The molecular formula is C31H24O8. The Kier molecular flexibility index (Phi) is 9.58. The zero-order chi connectivity index (χ0) is 28.4. The van der Waals surface area contributed by atoms with Crippen molar-refractivity contribution in [2.24, 2.45) is 0 Å². The summed E-state index contributed by atoms with van der Waals surface area (Å²) in [7, 11) is 0. The van der Waals surface area contributed by atoms with Crippen LogP contribution in [-0.4, -0.2) is 29.5 Å². The molecule has 0 aliphatic heterocycles. The fourth-order valence-electron chi connectivity index (χ4n) is 3.39. The Morgan fingerprint density at radius 3 is 1.69 bits per heavy atom. The van der Waals surface area contributed by atoms with Gasteiger partial charge in [-0.05, 0) is 47.4 Å². The Balaban J connectivity index is 1.65. The standard InChI is InChI=1S/C31H24O8/c1-4-28(33)37-24-15-13-22(14-16-24)21-9-11-23(12-10-21)31(36)25(32)17-7-20-8-18-26(38-29(34)5-2)27(19-20)39-30(35)6-3/h4-6,8-16,18-19H,1-3,7,17H2. The van der Waals surface area contributed by atoms with Gasteiger partial charge in [0.25, 0.3) is 0 Å². The molecule has 3 aromatic rings. The molecule has 0 amide bonds. The lowest BCUT2D eigenvalue weighted by atomic mass is 9.98. The van der Waals surface area contributed by atoms with E-state index in [0.717, 1.165) is 29.4 Å². The zero-order valence-corrected chi connectivity index (χ0v) is 20.9. The van der Waals surface area contributed by atoms with E-state index < -0.39 is 29.5 Å². The molecule has 8 nitrogen and oxygen atoms in total. The summed E-state index contributed by atoms with van der Waals surface area (Å²) in [6, 6.07) is 17.8. The van der Waals surface area contributed by atoms with Crippen molar-refractivity contribution in [1.29, 1.82) is 0 Å². The van der Waals surface area contributed by atoms with Gasteiger partial charge in [-0.3, -0.25) is 9.59 Å². The number of esters is 3. The predicted molar refractivity (Wildman–Crippen MR) is 143 cm³/mol. The molecular weight excluding hydrogens is 500 g/mol. The minimum Gasteiger partial charge on any atom is -0.423 e. The number of aryl methyl sites for hydroxylation is 1. The number of carbonyl (C=O) groups is 5. The van der Waals surface area contributed by atoms with Crippen LogP contribution in [0.15, 0.2) is 105 Å². The molecule has 0 saturated heterocycles. The van der Waals surface area contributed by atoms with Crippen molar-refractivity contribution in [2.45, 2.75) is 12.8 Å². The van der Waals surface area contributed by atoms with E-state index in [1.807, 2.05) is 0 Å². The molecule has 0 bridgehead atoms. The average molecular weight is 525 g/mol. The van der Waals surface area contributed by atoms with Crippen LogP contribution in [0, 0.1) is 0 Å². The van der Waals surface area contributed by atoms with Gasteiger partial charge in [-0.1, -0.05) is 62.2 Å². The summed E-state index contributed by atoms with van der Waals surface area (Å²) >= 11 is 0. The number of hydrogen-bond donors (Lipinski definition) is 0. The van der Waals surface area contributed by atoms with Gasteiger partial charge in [0.1, 0.15) is 5.75 Å². The largest absolute Gasteiger partial charge is 0.423 e. The first-order valence-electron chi connectivity index (χ1n) is 11.7. The molecule has 0 aliphatic carbocycles. The van der Waals surface area contributed by atoms with Gasteiger partial charge >= 0.3 is 17.9 Å². The second kappa shape index (κ2) is 13.3. The smallest absolute Gasteiger partial charge is 0.335 e. The van der Waals surface area contributed by atoms with Crippen LogP contribution in [0.1, 0.15) is 22.3 Å². The molecule has 0 spiro atoms. The SMILES string of the molecule is C=CC(=O)Oc1ccc(-c2ccc(C(=O)C(=O)CCc3ccc(OC(=O)C=C)c(OC(=O)C=C)c3)cc2)cc1. The minimum absolute atomic E-state index is 0.00578. The first-order valence-corrected chi connectivity index (χ1v) is 11.7. The third-order valence-electron chi connectivity index (χ3n) is 5.38. The van der Waals surface area contributed by atoms with Crippen LogP contribution >= 0.6 is 0 Å². The monoisotopic (exact) mass is 524 g/mol. The van der Waals surface area contributed by atoms with Crippen LogP contribution in [0.2, 0.25) is 0 Å². The highest BCUT2D eigenvalue weighted by atomic mass is 16.6. The Bertz CT molecular complexity index is 1450. The van der Waals surface area contributed by atoms with Gasteiger partial charge in [0, 0.05) is 30.2 Å². The molecule has 8 heteroatoms. The van der Waals surface area contributed by atoms with Gasteiger partial charge < -0.3 is 14.2 Å². The summed E-state index contributed by atoms with van der Waals surface area (Å²) in [6.45, 7) is 10.0. The average Bonchev–Trinajstić information content (AvgIpc) is 2.96. The Morgan fingerprint density at radius 2 is 1.13 bits per heavy atom. The van der Waals surface area contributed by atoms with Crippen molar-refractivity contribution in [2.75, 3.05) is 0 Å². The van der Waals surface area contributed by atoms with Crippen molar-refractivity contribution >= 4 is 29.5 Å². The van der Waals surface area contributed by atoms with Gasteiger partial charge in [0.05, 0.1) is 0 Å². The summed E-state index contributed by atoms with van der Waals surface area (Å²) in [5, 5.41) is 0. The quantitative estimate of drug-likeness (QED) is 0.107. The highest BCUT2D eigenvalue weighted by Gasteiger charge is 2.18. The topological polar surface area (TPSA) is 113 Å². The zero-order valence-electron chi connectivity index (χ0n) is 20.9. The van der Waals surface area contributed by atoms with E-state index in [-0.39, 0.29) is 29.9 Å². The number of carbonyl (C=O) groups excluding carboxylic acids is 5. The Hall–Kier alpha value is -5.37. The normalized spacial score (nSPS) is 10.1. The van der Waals surface area contributed by atoms with Crippen LogP contribution in [0.25, 0.3) is 11.1 Å². The van der Waals surface area contributed by atoms with Crippen LogP contribution in [0.5, 0.6) is 17.2 Å². The molecule has 0 atom stereocenters. The van der Waals surface area contributed by atoms with E-state index >= 15 is 0 Å². The number of rotatable bonds is 12. The van der Waals surface area contributed by atoms with E-state index in [4.69, 9.17) is 14.2 Å². The number of ketones is 2. The lowest BCUT2D eigenvalue weighted by Crippen LogP contribution is -2.15. The Labute approximate surface area is 224 Å². The van der Waals surface area contributed by atoms with Crippen LogP contribution in [0.4, 0.5) is 0 Å². The second-order valence-corrected chi connectivity index (χ2v) is 8.01. The number of hydrogen-bond acceptors (Lipinski definition) is 8. The predicted octanol–water partition coefficient (Wildman–Crippen LogP) is 5.01. The number of ether oxygens (including phenoxy) is 3. The second-order valence-electron chi connectivity index (χ2n) is 8.01. The summed E-state index contributed by atoms with van der Waals surface area (Å²) in [5.41, 5.74) is 2.46. The van der Waals surface area contributed by atoms with Crippen LogP contribution in [-0.2, 0) is 25.6 Å². The van der Waals surface area contributed by atoms with Crippen molar-refractivity contribution in [3.8, 4) is 28.4 Å². The fraction of sp³-hybridized carbons (Fsp3) is 0.0645. The summed E-state index contributed by atoms with van der Waals surface area (Å²) in [6.07, 6.45) is 3.08. The third kappa shape index (κ3) is 7.80. The maximum absolute atomic E-state index is 12.7. The molecule has 0 N–H and O–H groups in total. The molecule has 0 saturated carbocycles. The van der Waals surface area contributed by atoms with E-state index in [1.54, 1.807) is 54.6 Å². The number of Topliss-reactive ketones (excluding diaryl/α,β-unsaturated/α-hetero) is 2. The molecule has 0 heterocycles. The Morgan fingerprint density at radius 1 is 0.615 bits per heavy atom.